The molecule has 0 heterocycles. The smallest absolute Gasteiger partial charge is 0.261 e. The molecule has 0 atom stereocenters. The van der Waals surface area contributed by atoms with Crippen molar-refractivity contribution in [3.05, 3.63) is 53.6 Å². The SMILES string of the molecule is Cc1cc(NS(=O)(=O)c2ccc(C#N)cc2)ccc1O. The van der Waals surface area contributed by atoms with Crippen LogP contribution in [0.15, 0.2) is 47.4 Å². The van der Waals surface area contributed by atoms with Crippen molar-refractivity contribution in [3.63, 3.8) is 0 Å². The summed E-state index contributed by atoms with van der Waals surface area (Å²) in [5.74, 6) is 0.103. The molecule has 0 radical (unpaired) electrons. The number of nitrogens with one attached hydrogen (secondary N) is 1. The molecule has 0 bridgehead atoms. The molecule has 2 rings (SSSR count). The van der Waals surface area contributed by atoms with Gasteiger partial charge in [0.05, 0.1) is 16.5 Å². The number of nitriles is 1. The van der Waals surface area contributed by atoms with Crippen LogP contribution in [0.2, 0.25) is 0 Å². The van der Waals surface area contributed by atoms with Crippen molar-refractivity contribution in [2.45, 2.75) is 11.8 Å². The van der Waals surface area contributed by atoms with E-state index in [0.717, 1.165) is 0 Å². The summed E-state index contributed by atoms with van der Waals surface area (Å²) < 4.78 is 26.7. The summed E-state index contributed by atoms with van der Waals surface area (Å²) in [5.41, 5.74) is 1.33. The lowest BCUT2D eigenvalue weighted by Crippen LogP contribution is -2.12. The molecule has 20 heavy (non-hydrogen) atoms. The van der Waals surface area contributed by atoms with Gasteiger partial charge in [-0.15, -0.1) is 0 Å². The lowest BCUT2D eigenvalue weighted by molar-refractivity contribution is 0.471. The summed E-state index contributed by atoms with van der Waals surface area (Å²) in [6.07, 6.45) is 0. The van der Waals surface area contributed by atoms with Crippen LogP contribution < -0.4 is 4.72 Å². The molecule has 0 amide bonds. The Kier molecular flexibility index (Phi) is 3.63. The second kappa shape index (κ2) is 5.23. The van der Waals surface area contributed by atoms with Crippen LogP contribution in [0.4, 0.5) is 5.69 Å². The number of hydrogen-bond donors (Lipinski definition) is 2. The minimum Gasteiger partial charge on any atom is -0.508 e. The number of phenolic OH excluding ortho intramolecular Hbond substituents is 1. The molecule has 0 aromatic heterocycles. The van der Waals surface area contributed by atoms with E-state index >= 15 is 0 Å². The molecular weight excluding hydrogens is 276 g/mol. The van der Waals surface area contributed by atoms with Crippen LogP contribution in [-0.2, 0) is 10.0 Å². The lowest BCUT2D eigenvalue weighted by Gasteiger charge is -2.09. The highest BCUT2D eigenvalue weighted by molar-refractivity contribution is 7.92. The minimum atomic E-state index is -3.71. The van der Waals surface area contributed by atoms with Gasteiger partial charge in [-0.2, -0.15) is 5.26 Å². The van der Waals surface area contributed by atoms with E-state index in [2.05, 4.69) is 4.72 Å². The Morgan fingerprint density at radius 1 is 1.15 bits per heavy atom. The number of aryl methyl sites for hydroxylation is 1. The maximum atomic E-state index is 12.1. The maximum Gasteiger partial charge on any atom is 0.261 e. The van der Waals surface area contributed by atoms with Gasteiger partial charge in [0.2, 0.25) is 0 Å². The Balaban J connectivity index is 2.30. The maximum absolute atomic E-state index is 12.1. The van der Waals surface area contributed by atoms with Crippen molar-refractivity contribution in [3.8, 4) is 11.8 Å². The molecule has 6 heteroatoms. The Labute approximate surface area is 117 Å². The number of aromatic hydroxyl groups is 1. The van der Waals surface area contributed by atoms with Gasteiger partial charge >= 0.3 is 0 Å². The van der Waals surface area contributed by atoms with Crippen LogP contribution in [0.1, 0.15) is 11.1 Å². The summed E-state index contributed by atoms with van der Waals surface area (Å²) in [4.78, 5) is 0.0715. The third-order valence-corrected chi connectivity index (χ3v) is 4.14. The highest BCUT2D eigenvalue weighted by atomic mass is 32.2. The number of nitrogens with zero attached hydrogens (tertiary/aromatic N) is 1. The topological polar surface area (TPSA) is 90.2 Å². The van der Waals surface area contributed by atoms with Gasteiger partial charge in [0, 0.05) is 5.69 Å². The monoisotopic (exact) mass is 288 g/mol. The van der Waals surface area contributed by atoms with Crippen LogP contribution in [-0.4, -0.2) is 13.5 Å². The number of hydrogen-bond acceptors (Lipinski definition) is 4. The highest BCUT2D eigenvalue weighted by Gasteiger charge is 2.14. The molecule has 102 valence electrons. The summed E-state index contributed by atoms with van der Waals surface area (Å²) in [5, 5.41) is 18.1. The Hall–Kier alpha value is -2.52. The third-order valence-electron chi connectivity index (χ3n) is 2.74. The van der Waals surface area contributed by atoms with E-state index in [-0.39, 0.29) is 10.6 Å². The average molecular weight is 288 g/mol. The predicted molar refractivity (Wildman–Crippen MR) is 74.8 cm³/mol. The van der Waals surface area contributed by atoms with Crippen molar-refractivity contribution < 1.29 is 13.5 Å². The van der Waals surface area contributed by atoms with Gasteiger partial charge in [0.25, 0.3) is 10.0 Å². The first-order valence-electron chi connectivity index (χ1n) is 5.75. The van der Waals surface area contributed by atoms with Crippen molar-refractivity contribution >= 4 is 15.7 Å². The molecule has 0 saturated carbocycles. The summed E-state index contributed by atoms with van der Waals surface area (Å²) in [7, 11) is -3.71. The second-order valence-corrected chi connectivity index (χ2v) is 5.93. The summed E-state index contributed by atoms with van der Waals surface area (Å²) in [6, 6.07) is 12.0. The third kappa shape index (κ3) is 2.90. The van der Waals surface area contributed by atoms with Gasteiger partial charge in [-0.1, -0.05) is 0 Å². The van der Waals surface area contributed by atoms with Gasteiger partial charge in [0.1, 0.15) is 5.75 Å². The number of rotatable bonds is 3. The summed E-state index contributed by atoms with van der Waals surface area (Å²) >= 11 is 0. The Bertz CT molecular complexity index is 775. The first-order valence-corrected chi connectivity index (χ1v) is 7.23. The Morgan fingerprint density at radius 2 is 1.80 bits per heavy atom. The Morgan fingerprint density at radius 3 is 2.35 bits per heavy atom. The molecule has 2 aromatic carbocycles. The van der Waals surface area contributed by atoms with Crippen molar-refractivity contribution in [2.24, 2.45) is 0 Å². The van der Waals surface area contributed by atoms with E-state index < -0.39 is 10.0 Å². The lowest BCUT2D eigenvalue weighted by atomic mass is 10.2. The van der Waals surface area contributed by atoms with Gasteiger partial charge in [-0.25, -0.2) is 8.42 Å². The van der Waals surface area contributed by atoms with Crippen molar-refractivity contribution in [2.75, 3.05) is 4.72 Å². The zero-order valence-corrected chi connectivity index (χ0v) is 11.5. The van der Waals surface area contributed by atoms with Crippen LogP contribution >= 0.6 is 0 Å². The molecule has 0 fully saturated rings. The first-order chi connectivity index (χ1) is 9.42. The minimum absolute atomic E-state index is 0.0715. The number of sulfonamides is 1. The molecule has 5 nitrogen and oxygen atoms in total. The zero-order chi connectivity index (χ0) is 14.8. The molecule has 2 N–H and O–H groups in total. The molecule has 0 aliphatic rings. The van der Waals surface area contributed by atoms with E-state index in [4.69, 9.17) is 5.26 Å². The van der Waals surface area contributed by atoms with E-state index in [1.807, 2.05) is 6.07 Å². The van der Waals surface area contributed by atoms with E-state index in [0.29, 0.717) is 16.8 Å². The summed E-state index contributed by atoms with van der Waals surface area (Å²) in [6.45, 7) is 1.68. The number of anilines is 1. The van der Waals surface area contributed by atoms with Gasteiger partial charge < -0.3 is 5.11 Å². The van der Waals surface area contributed by atoms with Crippen LogP contribution in [0.3, 0.4) is 0 Å². The highest BCUT2D eigenvalue weighted by Crippen LogP contribution is 2.22. The quantitative estimate of drug-likeness (QED) is 0.848. The van der Waals surface area contributed by atoms with Gasteiger partial charge in [0.15, 0.2) is 0 Å². The van der Waals surface area contributed by atoms with E-state index in [1.54, 1.807) is 6.92 Å². The number of phenols is 1. The normalized spacial score (nSPS) is 10.8. The molecule has 0 saturated heterocycles. The molecule has 0 spiro atoms. The van der Waals surface area contributed by atoms with Gasteiger partial charge in [-0.3, -0.25) is 4.72 Å². The van der Waals surface area contributed by atoms with Crippen molar-refractivity contribution in [1.82, 2.24) is 0 Å². The molecule has 0 unspecified atom stereocenters. The van der Waals surface area contributed by atoms with Crippen LogP contribution in [0.25, 0.3) is 0 Å². The first kappa shape index (κ1) is 13.9. The van der Waals surface area contributed by atoms with E-state index in [1.165, 1.54) is 42.5 Å². The average Bonchev–Trinajstić information content (AvgIpc) is 2.43. The van der Waals surface area contributed by atoms with E-state index in [9.17, 15) is 13.5 Å². The molecule has 2 aromatic rings. The second-order valence-electron chi connectivity index (χ2n) is 4.24. The zero-order valence-electron chi connectivity index (χ0n) is 10.7. The molecular formula is C14H12N2O3S. The predicted octanol–water partition coefficient (Wildman–Crippen LogP) is 2.37. The molecule has 0 aliphatic carbocycles. The fraction of sp³-hybridized carbons (Fsp3) is 0.0714. The fourth-order valence-corrected chi connectivity index (χ4v) is 2.69. The standard InChI is InChI=1S/C14H12N2O3S/c1-10-8-12(4-7-14(10)17)16-20(18,19)13-5-2-11(9-15)3-6-13/h2-8,16-17H,1H3. The van der Waals surface area contributed by atoms with Crippen molar-refractivity contribution in [1.29, 1.82) is 5.26 Å². The van der Waals surface area contributed by atoms with Crippen LogP contribution in [0.5, 0.6) is 5.75 Å². The van der Waals surface area contributed by atoms with Crippen LogP contribution in [0, 0.1) is 18.3 Å². The number of benzene rings is 2. The largest absolute Gasteiger partial charge is 0.508 e. The fourth-order valence-electron chi connectivity index (χ4n) is 1.64. The van der Waals surface area contributed by atoms with Gasteiger partial charge in [-0.05, 0) is 55.0 Å². The molecule has 0 aliphatic heterocycles.